The summed E-state index contributed by atoms with van der Waals surface area (Å²) in [5.74, 6) is 0.408. The van der Waals surface area contributed by atoms with E-state index in [2.05, 4.69) is 10.3 Å². The predicted octanol–water partition coefficient (Wildman–Crippen LogP) is 3.37. The van der Waals surface area contributed by atoms with E-state index in [-0.39, 0.29) is 5.91 Å². The molecule has 2 N–H and O–H groups in total. The number of para-hydroxylation sites is 1. The van der Waals surface area contributed by atoms with Gasteiger partial charge < -0.3 is 15.0 Å². The van der Waals surface area contributed by atoms with E-state index in [4.69, 9.17) is 16.3 Å². The molecule has 1 aliphatic rings. The van der Waals surface area contributed by atoms with Crippen LogP contribution in [0.1, 0.15) is 29.8 Å². The van der Waals surface area contributed by atoms with Crippen molar-refractivity contribution in [1.29, 1.82) is 0 Å². The third kappa shape index (κ3) is 3.22. The second kappa shape index (κ2) is 6.50. The van der Waals surface area contributed by atoms with Crippen LogP contribution in [-0.2, 0) is 4.74 Å². The lowest BCUT2D eigenvalue weighted by Crippen LogP contribution is -2.28. The summed E-state index contributed by atoms with van der Waals surface area (Å²) in [6.07, 6.45) is 3.25. The van der Waals surface area contributed by atoms with Crippen LogP contribution in [0.4, 0.5) is 0 Å². The molecule has 1 atom stereocenters. The molecule has 0 bridgehead atoms. The molecule has 112 valence electrons. The molecule has 1 aromatic heterocycles. The molecular weight excluding hydrogens is 288 g/mol. The number of hydrogen-bond acceptors (Lipinski definition) is 2. The number of aromatic nitrogens is 1. The zero-order valence-corrected chi connectivity index (χ0v) is 12.6. The number of ether oxygens (including phenoxy) is 1. The Labute approximate surface area is 128 Å². The number of fused-ring (bicyclic) bond motifs is 1. The Morgan fingerprint density at radius 3 is 3.05 bits per heavy atom. The van der Waals surface area contributed by atoms with Crippen LogP contribution in [0.25, 0.3) is 10.9 Å². The fourth-order valence-corrected chi connectivity index (χ4v) is 3.08. The van der Waals surface area contributed by atoms with Gasteiger partial charge in [0.2, 0.25) is 0 Å². The summed E-state index contributed by atoms with van der Waals surface area (Å²) >= 11 is 6.27. The summed E-state index contributed by atoms with van der Waals surface area (Å²) in [6.45, 7) is 2.33. The van der Waals surface area contributed by atoms with E-state index >= 15 is 0 Å². The minimum Gasteiger partial charge on any atom is -0.381 e. The number of H-pyrrole nitrogens is 1. The molecule has 21 heavy (non-hydrogen) atoms. The van der Waals surface area contributed by atoms with Gasteiger partial charge in [-0.15, -0.1) is 0 Å². The number of amides is 1. The van der Waals surface area contributed by atoms with Crippen molar-refractivity contribution in [3.05, 3.63) is 35.0 Å². The molecule has 0 saturated carbocycles. The lowest BCUT2D eigenvalue weighted by molar-refractivity contribution is 0.0514. The van der Waals surface area contributed by atoms with Crippen molar-refractivity contribution in [2.75, 3.05) is 19.8 Å². The number of rotatable bonds is 4. The van der Waals surface area contributed by atoms with E-state index in [1.165, 1.54) is 6.42 Å². The molecule has 0 radical (unpaired) electrons. The van der Waals surface area contributed by atoms with Gasteiger partial charge >= 0.3 is 0 Å². The van der Waals surface area contributed by atoms with Crippen molar-refractivity contribution in [1.82, 2.24) is 10.3 Å². The summed E-state index contributed by atoms with van der Waals surface area (Å²) in [7, 11) is 0. The molecule has 1 saturated heterocycles. The van der Waals surface area contributed by atoms with E-state index in [1.807, 2.05) is 24.3 Å². The molecule has 1 fully saturated rings. The van der Waals surface area contributed by atoms with Gasteiger partial charge in [-0.25, -0.2) is 0 Å². The Kier molecular flexibility index (Phi) is 4.46. The van der Waals surface area contributed by atoms with Gasteiger partial charge in [-0.2, -0.15) is 0 Å². The first-order chi connectivity index (χ1) is 10.3. The predicted molar refractivity (Wildman–Crippen MR) is 83.8 cm³/mol. The highest BCUT2D eigenvalue weighted by Gasteiger charge is 2.17. The summed E-state index contributed by atoms with van der Waals surface area (Å²) in [5.41, 5.74) is 1.33. The number of halogens is 1. The zero-order chi connectivity index (χ0) is 14.7. The van der Waals surface area contributed by atoms with Crippen LogP contribution < -0.4 is 5.32 Å². The molecule has 1 amide bonds. The molecule has 0 unspecified atom stereocenters. The van der Waals surface area contributed by atoms with Gasteiger partial charge in [0.05, 0.1) is 5.02 Å². The first-order valence-electron chi connectivity index (χ1n) is 7.38. The minimum atomic E-state index is -0.145. The summed E-state index contributed by atoms with van der Waals surface area (Å²) in [4.78, 5) is 15.3. The van der Waals surface area contributed by atoms with Gasteiger partial charge in [0.25, 0.3) is 5.91 Å². The minimum absolute atomic E-state index is 0.145. The molecule has 4 nitrogen and oxygen atoms in total. The van der Waals surface area contributed by atoms with Crippen LogP contribution in [0.15, 0.2) is 24.3 Å². The summed E-state index contributed by atoms with van der Waals surface area (Å²) in [5, 5.41) is 4.31. The van der Waals surface area contributed by atoms with E-state index < -0.39 is 0 Å². The Morgan fingerprint density at radius 1 is 1.43 bits per heavy atom. The van der Waals surface area contributed by atoms with Gasteiger partial charge in [0.15, 0.2) is 0 Å². The van der Waals surface area contributed by atoms with E-state index in [0.29, 0.717) is 23.2 Å². The third-order valence-corrected chi connectivity index (χ3v) is 4.36. The fourth-order valence-electron chi connectivity index (χ4n) is 2.78. The number of nitrogens with one attached hydrogen (secondary N) is 2. The van der Waals surface area contributed by atoms with Crippen LogP contribution in [0.2, 0.25) is 5.02 Å². The highest BCUT2D eigenvalue weighted by atomic mass is 35.5. The van der Waals surface area contributed by atoms with Gasteiger partial charge in [-0.05, 0) is 31.2 Å². The summed E-state index contributed by atoms with van der Waals surface area (Å²) < 4.78 is 5.44. The topological polar surface area (TPSA) is 54.1 Å². The number of carbonyl (C=O) groups is 1. The molecular formula is C16H19ClN2O2. The van der Waals surface area contributed by atoms with Crippen molar-refractivity contribution in [2.45, 2.75) is 19.3 Å². The molecule has 2 heterocycles. The smallest absolute Gasteiger partial charge is 0.269 e. The highest BCUT2D eigenvalue weighted by Crippen LogP contribution is 2.27. The highest BCUT2D eigenvalue weighted by molar-refractivity contribution is 6.38. The molecule has 1 aliphatic heterocycles. The van der Waals surface area contributed by atoms with Crippen LogP contribution >= 0.6 is 11.6 Å². The Balaban J connectivity index is 1.60. The lowest BCUT2D eigenvalue weighted by atomic mass is 9.99. The Hall–Kier alpha value is -1.52. The maximum atomic E-state index is 12.2. The number of carbonyl (C=O) groups excluding carboxylic acids is 1. The van der Waals surface area contributed by atoms with Crippen molar-refractivity contribution in [2.24, 2.45) is 5.92 Å². The van der Waals surface area contributed by atoms with Gasteiger partial charge in [-0.1, -0.05) is 29.8 Å². The van der Waals surface area contributed by atoms with Crippen LogP contribution in [0.5, 0.6) is 0 Å². The largest absolute Gasteiger partial charge is 0.381 e. The zero-order valence-electron chi connectivity index (χ0n) is 11.8. The molecule has 2 aromatic rings. The van der Waals surface area contributed by atoms with E-state index in [0.717, 1.165) is 37.0 Å². The maximum absolute atomic E-state index is 12.2. The SMILES string of the molecule is O=C(NCC[C@@H]1CCCOC1)c1[nH]c2ccccc2c1Cl. The number of aromatic amines is 1. The Morgan fingerprint density at radius 2 is 2.29 bits per heavy atom. The van der Waals surface area contributed by atoms with Crippen molar-refractivity contribution in [3.8, 4) is 0 Å². The molecule has 0 aliphatic carbocycles. The standard InChI is InChI=1S/C16H19ClN2O2/c17-14-12-5-1-2-6-13(12)19-15(14)16(20)18-8-7-11-4-3-9-21-10-11/h1-2,5-6,11,19H,3-4,7-10H2,(H,18,20)/t11-/m0/s1. The molecule has 1 aromatic carbocycles. The number of hydrogen-bond donors (Lipinski definition) is 2. The fraction of sp³-hybridized carbons (Fsp3) is 0.438. The number of benzene rings is 1. The quantitative estimate of drug-likeness (QED) is 0.910. The monoisotopic (exact) mass is 306 g/mol. The first-order valence-corrected chi connectivity index (χ1v) is 7.75. The average Bonchev–Trinajstić information content (AvgIpc) is 2.86. The second-order valence-electron chi connectivity index (χ2n) is 5.49. The Bertz CT molecular complexity index is 632. The van der Waals surface area contributed by atoms with Crippen molar-refractivity contribution in [3.63, 3.8) is 0 Å². The van der Waals surface area contributed by atoms with Crippen LogP contribution in [0, 0.1) is 5.92 Å². The normalized spacial score (nSPS) is 18.8. The van der Waals surface area contributed by atoms with Crippen LogP contribution in [-0.4, -0.2) is 30.6 Å². The lowest BCUT2D eigenvalue weighted by Gasteiger charge is -2.21. The van der Waals surface area contributed by atoms with Crippen molar-refractivity contribution >= 4 is 28.4 Å². The second-order valence-corrected chi connectivity index (χ2v) is 5.87. The van der Waals surface area contributed by atoms with Crippen molar-refractivity contribution < 1.29 is 9.53 Å². The third-order valence-electron chi connectivity index (χ3n) is 3.96. The van der Waals surface area contributed by atoms with E-state index in [1.54, 1.807) is 0 Å². The van der Waals surface area contributed by atoms with Gasteiger partial charge in [0, 0.05) is 30.7 Å². The van der Waals surface area contributed by atoms with E-state index in [9.17, 15) is 4.79 Å². The molecule has 3 rings (SSSR count). The first kappa shape index (κ1) is 14.4. The van der Waals surface area contributed by atoms with Gasteiger partial charge in [-0.3, -0.25) is 4.79 Å². The molecule has 0 spiro atoms. The van der Waals surface area contributed by atoms with Crippen LogP contribution in [0.3, 0.4) is 0 Å². The van der Waals surface area contributed by atoms with Gasteiger partial charge in [0.1, 0.15) is 5.69 Å². The maximum Gasteiger partial charge on any atom is 0.269 e. The average molecular weight is 307 g/mol. The molecule has 5 heteroatoms. The summed E-state index contributed by atoms with van der Waals surface area (Å²) in [6, 6.07) is 7.65.